The van der Waals surface area contributed by atoms with E-state index < -0.39 is 53.5 Å². The number of hydrogen-bond acceptors (Lipinski definition) is 6. The van der Waals surface area contributed by atoms with Gasteiger partial charge in [0, 0.05) is 0 Å². The first-order valence-electron chi connectivity index (χ1n) is 6.68. The molecule has 2 aromatic rings. The molecule has 0 radical (unpaired) electrons. The molecule has 0 amide bonds. The van der Waals surface area contributed by atoms with Gasteiger partial charge in [0.25, 0.3) is 0 Å². The van der Waals surface area contributed by atoms with Gasteiger partial charge in [-0.3, -0.25) is 0 Å². The predicted octanol–water partition coefficient (Wildman–Crippen LogP) is 2.84. The molecular formula is C14H8CaF6O6S2. The van der Waals surface area contributed by atoms with Gasteiger partial charge in [-0.15, -0.1) is 0 Å². The Labute approximate surface area is 191 Å². The Morgan fingerprint density at radius 3 is 1.10 bits per heavy atom. The molecule has 0 heterocycles. The summed E-state index contributed by atoms with van der Waals surface area (Å²) in [6.07, 6.45) is -9.30. The second-order valence-electron chi connectivity index (χ2n) is 4.96. The van der Waals surface area contributed by atoms with Gasteiger partial charge in [0.15, 0.2) is 0 Å². The molecular weight excluding hydrogens is 482 g/mol. The summed E-state index contributed by atoms with van der Waals surface area (Å²) in [5.74, 6) is 0. The van der Waals surface area contributed by atoms with Crippen molar-refractivity contribution in [3.63, 3.8) is 0 Å². The molecule has 156 valence electrons. The van der Waals surface area contributed by atoms with Crippen LogP contribution < -0.4 is 0 Å². The number of benzene rings is 2. The van der Waals surface area contributed by atoms with E-state index in [1.54, 1.807) is 0 Å². The summed E-state index contributed by atoms with van der Waals surface area (Å²) < 4.78 is 135. The Morgan fingerprint density at radius 2 is 0.897 bits per heavy atom. The van der Waals surface area contributed by atoms with E-state index in [2.05, 4.69) is 0 Å². The minimum Gasteiger partial charge on any atom is -0.744 e. The van der Waals surface area contributed by atoms with Crippen molar-refractivity contribution < 1.29 is 52.3 Å². The average Bonchev–Trinajstić information content (AvgIpc) is 2.52. The van der Waals surface area contributed by atoms with E-state index in [-0.39, 0.29) is 37.7 Å². The van der Waals surface area contributed by atoms with Crippen molar-refractivity contribution >= 4 is 58.0 Å². The van der Waals surface area contributed by atoms with Gasteiger partial charge in [0.05, 0.1) is 20.9 Å². The van der Waals surface area contributed by atoms with E-state index in [1.165, 1.54) is 0 Å². The van der Waals surface area contributed by atoms with Gasteiger partial charge in [-0.05, 0) is 36.4 Å². The standard InChI is InChI=1S/2C7H5F3O3S.Ca/c2*8-7(9,10)5-2-1-3-6(4-5)14(11,12)13;/h2*1-4H,(H,11,12,13);/q;;+2/p-2. The van der Waals surface area contributed by atoms with Crippen LogP contribution in [0.1, 0.15) is 11.1 Å². The van der Waals surface area contributed by atoms with Gasteiger partial charge in [-0.1, -0.05) is 12.1 Å². The van der Waals surface area contributed by atoms with Crippen LogP contribution in [0, 0.1) is 0 Å². The van der Waals surface area contributed by atoms with Crippen LogP contribution in [0.4, 0.5) is 26.3 Å². The van der Waals surface area contributed by atoms with E-state index in [9.17, 15) is 52.3 Å². The maximum absolute atomic E-state index is 12.1. The molecule has 15 heteroatoms. The first-order chi connectivity index (χ1) is 12.4. The van der Waals surface area contributed by atoms with Gasteiger partial charge >= 0.3 is 50.1 Å². The number of rotatable bonds is 2. The molecule has 0 aliphatic rings. The smallest absolute Gasteiger partial charge is 0.744 e. The van der Waals surface area contributed by atoms with Gasteiger partial charge < -0.3 is 9.11 Å². The van der Waals surface area contributed by atoms with Crippen molar-refractivity contribution in [2.75, 3.05) is 0 Å². The topological polar surface area (TPSA) is 114 Å². The van der Waals surface area contributed by atoms with E-state index in [4.69, 9.17) is 0 Å². The van der Waals surface area contributed by atoms with Crippen molar-refractivity contribution in [1.29, 1.82) is 0 Å². The molecule has 2 aromatic carbocycles. The van der Waals surface area contributed by atoms with Crippen molar-refractivity contribution in [3.05, 3.63) is 59.7 Å². The number of alkyl halides is 6. The Kier molecular flexibility index (Phi) is 9.63. The summed E-state index contributed by atoms with van der Waals surface area (Å²) >= 11 is 0. The Morgan fingerprint density at radius 1 is 0.621 bits per heavy atom. The Balaban J connectivity index is 0.000000523. The summed E-state index contributed by atoms with van der Waals surface area (Å²) in [7, 11) is -9.67. The summed E-state index contributed by atoms with van der Waals surface area (Å²) in [4.78, 5) is -1.76. The fraction of sp³-hybridized carbons (Fsp3) is 0.143. The average molecular weight is 490 g/mol. The van der Waals surface area contributed by atoms with E-state index in [1.807, 2.05) is 0 Å². The molecule has 0 aliphatic heterocycles. The molecule has 0 aromatic heterocycles. The number of hydrogen-bond donors (Lipinski definition) is 0. The quantitative estimate of drug-likeness (QED) is 0.363. The zero-order chi connectivity index (χ0) is 22.0. The van der Waals surface area contributed by atoms with Crippen LogP contribution in [0.2, 0.25) is 0 Å². The SMILES string of the molecule is O=S(=O)([O-])c1cccc(C(F)(F)F)c1.O=S(=O)([O-])c1cccc(C(F)(F)F)c1.[Ca+2]. The van der Waals surface area contributed by atoms with Crippen molar-refractivity contribution in [2.24, 2.45) is 0 Å². The van der Waals surface area contributed by atoms with Crippen LogP contribution in [-0.2, 0) is 32.6 Å². The molecule has 2 rings (SSSR count). The third-order valence-corrected chi connectivity index (χ3v) is 4.56. The molecule has 0 bridgehead atoms. The summed E-state index contributed by atoms with van der Waals surface area (Å²) in [6, 6.07) is 5.37. The Bertz CT molecular complexity index is 963. The minimum atomic E-state index is -4.84. The van der Waals surface area contributed by atoms with Gasteiger partial charge in [-0.2, -0.15) is 26.3 Å². The second-order valence-corrected chi connectivity index (χ2v) is 7.72. The maximum Gasteiger partial charge on any atom is 2.00 e. The molecule has 0 saturated carbocycles. The first-order valence-corrected chi connectivity index (χ1v) is 9.50. The van der Waals surface area contributed by atoms with Gasteiger partial charge in [-0.25, -0.2) is 16.8 Å². The van der Waals surface area contributed by atoms with E-state index >= 15 is 0 Å². The monoisotopic (exact) mass is 490 g/mol. The van der Waals surface area contributed by atoms with Crippen LogP contribution in [0.25, 0.3) is 0 Å². The zero-order valence-electron chi connectivity index (χ0n) is 13.9. The minimum absolute atomic E-state index is 0. The summed E-state index contributed by atoms with van der Waals surface area (Å²) in [6.45, 7) is 0. The third kappa shape index (κ3) is 9.19. The molecule has 0 spiro atoms. The molecule has 0 unspecified atom stereocenters. The molecule has 6 nitrogen and oxygen atoms in total. The first kappa shape index (κ1) is 28.1. The van der Waals surface area contributed by atoms with E-state index in [0.717, 1.165) is 24.3 Å². The van der Waals surface area contributed by atoms with Crippen molar-refractivity contribution in [1.82, 2.24) is 0 Å². The second kappa shape index (κ2) is 9.94. The molecule has 0 N–H and O–H groups in total. The van der Waals surface area contributed by atoms with Crippen LogP contribution in [0.5, 0.6) is 0 Å². The molecule has 0 fully saturated rings. The number of halogens is 6. The van der Waals surface area contributed by atoms with Gasteiger partial charge in [0.2, 0.25) is 0 Å². The normalized spacial score (nSPS) is 12.4. The summed E-state index contributed by atoms with van der Waals surface area (Å²) in [5.41, 5.74) is -2.32. The van der Waals surface area contributed by atoms with Crippen LogP contribution in [0.3, 0.4) is 0 Å². The maximum atomic E-state index is 12.1. The third-order valence-electron chi connectivity index (χ3n) is 2.90. The fourth-order valence-corrected chi connectivity index (χ4v) is 2.69. The summed E-state index contributed by atoms with van der Waals surface area (Å²) in [5, 5.41) is 0. The van der Waals surface area contributed by atoms with Crippen LogP contribution in [0.15, 0.2) is 58.3 Å². The zero-order valence-corrected chi connectivity index (χ0v) is 17.7. The van der Waals surface area contributed by atoms with Crippen molar-refractivity contribution in [3.8, 4) is 0 Å². The molecule has 0 atom stereocenters. The Hall–Kier alpha value is -0.900. The van der Waals surface area contributed by atoms with Crippen LogP contribution >= 0.6 is 0 Å². The van der Waals surface area contributed by atoms with Crippen molar-refractivity contribution in [2.45, 2.75) is 22.1 Å². The molecule has 0 saturated heterocycles. The molecule has 29 heavy (non-hydrogen) atoms. The van der Waals surface area contributed by atoms with Crippen LogP contribution in [-0.4, -0.2) is 63.7 Å². The largest absolute Gasteiger partial charge is 2.00 e. The fourth-order valence-electron chi connectivity index (χ4n) is 1.66. The molecule has 0 aliphatic carbocycles. The van der Waals surface area contributed by atoms with Gasteiger partial charge in [0.1, 0.15) is 20.2 Å². The van der Waals surface area contributed by atoms with E-state index in [0.29, 0.717) is 24.3 Å². The predicted molar refractivity (Wildman–Crippen MR) is 84.6 cm³/mol.